The van der Waals surface area contributed by atoms with Crippen molar-refractivity contribution in [3.05, 3.63) is 41.3 Å². The fourth-order valence-electron chi connectivity index (χ4n) is 1.79. The standard InChI is InChI=1S/C17H24O2S/c1-3-5-6-7-11-14-16(17(18)19-4-2)20-15-12-9-8-10-13-15/h8-10,12-14H,3-7,11H2,1-2H3/b16-14+. The Labute approximate surface area is 126 Å². The lowest BCUT2D eigenvalue weighted by molar-refractivity contribution is -0.137. The van der Waals surface area contributed by atoms with Gasteiger partial charge in [0.05, 0.1) is 11.5 Å². The smallest absolute Gasteiger partial charge is 0.344 e. The van der Waals surface area contributed by atoms with E-state index in [1.54, 1.807) is 0 Å². The van der Waals surface area contributed by atoms with Crippen LogP contribution >= 0.6 is 11.8 Å². The summed E-state index contributed by atoms with van der Waals surface area (Å²) in [6.45, 7) is 4.45. The summed E-state index contributed by atoms with van der Waals surface area (Å²) in [5.41, 5.74) is 0. The highest BCUT2D eigenvalue weighted by atomic mass is 32.2. The molecule has 0 aliphatic rings. The summed E-state index contributed by atoms with van der Waals surface area (Å²) in [5.74, 6) is -0.211. The van der Waals surface area contributed by atoms with E-state index in [9.17, 15) is 4.79 Å². The molecule has 0 fully saturated rings. The molecule has 0 saturated heterocycles. The van der Waals surface area contributed by atoms with E-state index >= 15 is 0 Å². The summed E-state index contributed by atoms with van der Waals surface area (Å²) in [7, 11) is 0. The Balaban J connectivity index is 2.60. The molecule has 1 aromatic carbocycles. The molecule has 2 nitrogen and oxygen atoms in total. The van der Waals surface area contributed by atoms with Gasteiger partial charge in [-0.25, -0.2) is 4.79 Å². The number of benzene rings is 1. The first-order chi connectivity index (χ1) is 9.77. The van der Waals surface area contributed by atoms with E-state index in [1.165, 1.54) is 31.0 Å². The van der Waals surface area contributed by atoms with Crippen molar-refractivity contribution < 1.29 is 9.53 Å². The summed E-state index contributed by atoms with van der Waals surface area (Å²) in [6, 6.07) is 9.95. The number of carbonyl (C=O) groups is 1. The lowest BCUT2D eigenvalue weighted by atomic mass is 10.1. The molecule has 0 radical (unpaired) electrons. The summed E-state index contributed by atoms with van der Waals surface area (Å²) < 4.78 is 5.13. The Kier molecular flexibility index (Phi) is 8.88. The molecule has 0 aliphatic carbocycles. The van der Waals surface area contributed by atoms with Crippen LogP contribution in [0.1, 0.15) is 46.0 Å². The lowest BCUT2D eigenvalue weighted by Gasteiger charge is -2.07. The number of thioether (sulfide) groups is 1. The Morgan fingerprint density at radius 1 is 1.15 bits per heavy atom. The number of hydrogen-bond donors (Lipinski definition) is 0. The molecule has 1 aromatic rings. The third kappa shape index (κ3) is 6.80. The van der Waals surface area contributed by atoms with E-state index in [2.05, 4.69) is 6.92 Å². The van der Waals surface area contributed by atoms with Crippen molar-refractivity contribution in [1.29, 1.82) is 0 Å². The van der Waals surface area contributed by atoms with Crippen LogP contribution in [0.2, 0.25) is 0 Å². The van der Waals surface area contributed by atoms with Gasteiger partial charge in [-0.3, -0.25) is 0 Å². The first kappa shape index (κ1) is 16.8. The maximum atomic E-state index is 12.0. The Bertz CT molecular complexity index is 412. The molecule has 0 unspecified atom stereocenters. The highest BCUT2D eigenvalue weighted by Crippen LogP contribution is 2.28. The van der Waals surface area contributed by atoms with E-state index in [0.717, 1.165) is 17.7 Å². The van der Waals surface area contributed by atoms with Crippen LogP contribution in [0.25, 0.3) is 0 Å². The Hall–Kier alpha value is -1.22. The van der Waals surface area contributed by atoms with E-state index < -0.39 is 0 Å². The number of unbranched alkanes of at least 4 members (excludes halogenated alkanes) is 4. The van der Waals surface area contributed by atoms with Gasteiger partial charge in [0.15, 0.2) is 0 Å². The zero-order valence-electron chi connectivity index (χ0n) is 12.4. The third-order valence-corrected chi connectivity index (χ3v) is 3.90. The minimum absolute atomic E-state index is 0.211. The summed E-state index contributed by atoms with van der Waals surface area (Å²) in [5, 5.41) is 0. The fraction of sp³-hybridized carbons (Fsp3) is 0.471. The average molecular weight is 292 g/mol. The molecule has 0 amide bonds. The van der Waals surface area contributed by atoms with Crippen LogP contribution in [0.4, 0.5) is 0 Å². The molecule has 3 heteroatoms. The number of rotatable bonds is 9. The predicted molar refractivity (Wildman–Crippen MR) is 85.8 cm³/mol. The lowest BCUT2D eigenvalue weighted by Crippen LogP contribution is -2.05. The van der Waals surface area contributed by atoms with Gasteiger partial charge in [0, 0.05) is 4.90 Å². The molecule has 20 heavy (non-hydrogen) atoms. The zero-order valence-corrected chi connectivity index (χ0v) is 13.2. The van der Waals surface area contributed by atoms with Gasteiger partial charge in [-0.2, -0.15) is 0 Å². The number of hydrogen-bond acceptors (Lipinski definition) is 3. The van der Waals surface area contributed by atoms with Crippen molar-refractivity contribution in [2.75, 3.05) is 6.61 Å². The van der Waals surface area contributed by atoms with Crippen LogP contribution in [-0.4, -0.2) is 12.6 Å². The first-order valence-electron chi connectivity index (χ1n) is 7.38. The molecule has 0 N–H and O–H groups in total. The molecule has 0 atom stereocenters. The second-order valence-corrected chi connectivity index (χ2v) is 5.67. The molecule has 0 saturated carbocycles. The Morgan fingerprint density at radius 2 is 1.90 bits per heavy atom. The van der Waals surface area contributed by atoms with Gasteiger partial charge in [-0.15, -0.1) is 0 Å². The molecule has 110 valence electrons. The first-order valence-corrected chi connectivity index (χ1v) is 8.19. The summed E-state index contributed by atoms with van der Waals surface area (Å²) in [6.07, 6.45) is 7.80. The van der Waals surface area contributed by atoms with Crippen molar-refractivity contribution >= 4 is 17.7 Å². The van der Waals surface area contributed by atoms with Crippen molar-refractivity contribution in [2.45, 2.75) is 50.8 Å². The van der Waals surface area contributed by atoms with Gasteiger partial charge < -0.3 is 4.74 Å². The summed E-state index contributed by atoms with van der Waals surface area (Å²) in [4.78, 5) is 13.7. The maximum Gasteiger partial charge on any atom is 0.344 e. The second kappa shape index (κ2) is 10.6. The van der Waals surface area contributed by atoms with Crippen molar-refractivity contribution in [2.24, 2.45) is 0 Å². The van der Waals surface area contributed by atoms with E-state index in [4.69, 9.17) is 4.74 Å². The van der Waals surface area contributed by atoms with Crippen LogP contribution in [0.15, 0.2) is 46.2 Å². The van der Waals surface area contributed by atoms with Crippen molar-refractivity contribution in [3.8, 4) is 0 Å². The normalized spacial score (nSPS) is 11.4. The van der Waals surface area contributed by atoms with E-state index in [0.29, 0.717) is 11.5 Å². The number of esters is 1. The van der Waals surface area contributed by atoms with E-state index in [1.807, 2.05) is 43.3 Å². The molecule has 0 bridgehead atoms. The SMILES string of the molecule is CCCCCC/C=C(/Sc1ccccc1)C(=O)OCC. The topological polar surface area (TPSA) is 26.3 Å². The van der Waals surface area contributed by atoms with Gasteiger partial charge in [0.25, 0.3) is 0 Å². The van der Waals surface area contributed by atoms with Crippen molar-refractivity contribution in [1.82, 2.24) is 0 Å². The monoisotopic (exact) mass is 292 g/mol. The maximum absolute atomic E-state index is 12.0. The molecule has 0 aliphatic heterocycles. The largest absolute Gasteiger partial charge is 0.462 e. The van der Waals surface area contributed by atoms with Crippen molar-refractivity contribution in [3.63, 3.8) is 0 Å². The second-order valence-electron chi connectivity index (χ2n) is 4.55. The molecule has 1 rings (SSSR count). The van der Waals surface area contributed by atoms with Gasteiger partial charge >= 0.3 is 5.97 Å². The fourth-order valence-corrected chi connectivity index (χ4v) is 2.68. The third-order valence-electron chi connectivity index (χ3n) is 2.84. The Morgan fingerprint density at radius 3 is 2.55 bits per heavy atom. The number of carbonyl (C=O) groups excluding carboxylic acids is 1. The molecular formula is C17H24O2S. The van der Waals surface area contributed by atoms with Crippen LogP contribution < -0.4 is 0 Å². The summed E-state index contributed by atoms with van der Waals surface area (Å²) >= 11 is 1.49. The van der Waals surface area contributed by atoms with Crippen LogP contribution in [-0.2, 0) is 9.53 Å². The minimum atomic E-state index is -0.211. The van der Waals surface area contributed by atoms with Gasteiger partial charge in [0.2, 0.25) is 0 Å². The predicted octanol–water partition coefficient (Wildman–Crippen LogP) is 5.20. The quantitative estimate of drug-likeness (QED) is 0.271. The van der Waals surface area contributed by atoms with Gasteiger partial charge in [0.1, 0.15) is 0 Å². The molecule has 0 heterocycles. The average Bonchev–Trinajstić information content (AvgIpc) is 2.47. The highest BCUT2D eigenvalue weighted by molar-refractivity contribution is 8.04. The minimum Gasteiger partial charge on any atom is -0.462 e. The number of ether oxygens (including phenoxy) is 1. The van der Waals surface area contributed by atoms with Gasteiger partial charge in [-0.1, -0.05) is 62.2 Å². The molecule has 0 spiro atoms. The highest BCUT2D eigenvalue weighted by Gasteiger charge is 2.11. The van der Waals surface area contributed by atoms with Gasteiger partial charge in [-0.05, 0) is 31.9 Å². The van der Waals surface area contributed by atoms with E-state index in [-0.39, 0.29) is 5.97 Å². The van der Waals surface area contributed by atoms with Crippen LogP contribution in [0, 0.1) is 0 Å². The van der Waals surface area contributed by atoms with Crippen LogP contribution in [0.5, 0.6) is 0 Å². The van der Waals surface area contributed by atoms with Crippen LogP contribution in [0.3, 0.4) is 0 Å². The molecule has 0 aromatic heterocycles. The molecular weight excluding hydrogens is 268 g/mol. The number of allylic oxidation sites excluding steroid dienone is 1. The zero-order chi connectivity index (χ0) is 14.6.